The Kier molecular flexibility index (Phi) is 2.76. The summed E-state index contributed by atoms with van der Waals surface area (Å²) in [6.45, 7) is 5.63. The fourth-order valence-corrected chi connectivity index (χ4v) is 2.08. The van der Waals surface area contributed by atoms with Crippen molar-refractivity contribution < 1.29 is 5.11 Å². The number of hydrogen-bond donors (Lipinski definition) is 1. The van der Waals surface area contributed by atoms with Gasteiger partial charge in [0.1, 0.15) is 0 Å². The lowest BCUT2D eigenvalue weighted by Gasteiger charge is -2.15. The van der Waals surface area contributed by atoms with Gasteiger partial charge >= 0.3 is 0 Å². The normalized spacial score (nSPS) is 12.6. The molecule has 1 atom stereocenters. The van der Waals surface area contributed by atoms with Crippen molar-refractivity contribution in [3.05, 3.63) is 52.8 Å². The van der Waals surface area contributed by atoms with Gasteiger partial charge in [0.15, 0.2) is 5.75 Å². The molecule has 1 unspecified atom stereocenters. The van der Waals surface area contributed by atoms with Gasteiger partial charge in [-0.3, -0.25) is 4.79 Å². The Morgan fingerprint density at radius 3 is 2.71 bits per heavy atom. The van der Waals surface area contributed by atoms with E-state index in [0.717, 1.165) is 10.9 Å². The van der Waals surface area contributed by atoms with E-state index < -0.39 is 0 Å². The molecule has 0 saturated carbocycles. The SMILES string of the molecule is C=CC(C)c1c(O)c(=O)n(C)c2ccccc12. The second kappa shape index (κ2) is 4.09. The highest BCUT2D eigenvalue weighted by atomic mass is 16.3. The van der Waals surface area contributed by atoms with Crippen LogP contribution in [0.5, 0.6) is 5.75 Å². The highest BCUT2D eigenvalue weighted by molar-refractivity contribution is 5.85. The molecule has 1 aromatic heterocycles. The van der Waals surface area contributed by atoms with Crippen LogP contribution < -0.4 is 5.56 Å². The van der Waals surface area contributed by atoms with Crippen LogP contribution >= 0.6 is 0 Å². The third kappa shape index (κ3) is 1.64. The molecule has 0 bridgehead atoms. The molecule has 0 fully saturated rings. The Hall–Kier alpha value is -2.03. The highest BCUT2D eigenvalue weighted by Gasteiger charge is 2.17. The van der Waals surface area contributed by atoms with Gasteiger partial charge in [0.2, 0.25) is 0 Å². The topological polar surface area (TPSA) is 42.2 Å². The van der Waals surface area contributed by atoms with Gasteiger partial charge in [-0.05, 0) is 6.07 Å². The summed E-state index contributed by atoms with van der Waals surface area (Å²) in [5.41, 5.74) is 1.10. The first kappa shape index (κ1) is 11.5. The van der Waals surface area contributed by atoms with E-state index in [1.165, 1.54) is 4.57 Å². The summed E-state index contributed by atoms with van der Waals surface area (Å²) < 4.78 is 1.46. The number of aromatic nitrogens is 1. The van der Waals surface area contributed by atoms with Crippen molar-refractivity contribution in [2.45, 2.75) is 12.8 Å². The number of aromatic hydroxyl groups is 1. The zero-order chi connectivity index (χ0) is 12.6. The number of rotatable bonds is 2. The van der Waals surface area contributed by atoms with Gasteiger partial charge < -0.3 is 9.67 Å². The minimum Gasteiger partial charge on any atom is -0.503 e. The van der Waals surface area contributed by atoms with Crippen LogP contribution in [0.2, 0.25) is 0 Å². The van der Waals surface area contributed by atoms with Crippen molar-refractivity contribution >= 4 is 10.9 Å². The summed E-state index contributed by atoms with van der Waals surface area (Å²) in [4.78, 5) is 11.9. The number of aryl methyl sites for hydroxylation is 1. The fraction of sp³-hybridized carbons (Fsp3) is 0.214. The lowest BCUT2D eigenvalue weighted by atomic mass is 9.96. The minimum atomic E-state index is -0.368. The van der Waals surface area contributed by atoms with E-state index in [9.17, 15) is 9.90 Å². The maximum atomic E-state index is 11.9. The lowest BCUT2D eigenvalue weighted by Crippen LogP contribution is -2.18. The zero-order valence-electron chi connectivity index (χ0n) is 9.97. The number of benzene rings is 1. The summed E-state index contributed by atoms with van der Waals surface area (Å²) in [6.07, 6.45) is 1.72. The third-order valence-corrected chi connectivity index (χ3v) is 3.13. The summed E-state index contributed by atoms with van der Waals surface area (Å²) in [5.74, 6) is -0.243. The molecule has 0 amide bonds. The first-order chi connectivity index (χ1) is 8.07. The van der Waals surface area contributed by atoms with Crippen molar-refractivity contribution in [3.8, 4) is 5.75 Å². The van der Waals surface area contributed by atoms with Gasteiger partial charge in [-0.15, -0.1) is 6.58 Å². The Morgan fingerprint density at radius 2 is 2.06 bits per heavy atom. The first-order valence-electron chi connectivity index (χ1n) is 5.51. The molecule has 2 rings (SSSR count). The van der Waals surface area contributed by atoms with Crippen molar-refractivity contribution in [1.82, 2.24) is 4.57 Å². The average Bonchev–Trinajstić information content (AvgIpc) is 2.36. The van der Waals surface area contributed by atoms with Crippen LogP contribution in [0, 0.1) is 0 Å². The van der Waals surface area contributed by atoms with Crippen LogP contribution in [0.1, 0.15) is 18.4 Å². The molecule has 0 aliphatic carbocycles. The molecule has 1 aromatic carbocycles. The van der Waals surface area contributed by atoms with Gasteiger partial charge in [0, 0.05) is 23.9 Å². The van der Waals surface area contributed by atoms with Gasteiger partial charge in [-0.1, -0.05) is 31.2 Å². The average molecular weight is 229 g/mol. The van der Waals surface area contributed by atoms with Gasteiger partial charge in [0.05, 0.1) is 5.52 Å². The zero-order valence-corrected chi connectivity index (χ0v) is 9.97. The molecule has 0 aliphatic heterocycles. The predicted molar refractivity (Wildman–Crippen MR) is 69.5 cm³/mol. The predicted octanol–water partition coefficient (Wildman–Crippen LogP) is 2.53. The van der Waals surface area contributed by atoms with Crippen LogP contribution in [0.4, 0.5) is 0 Å². The van der Waals surface area contributed by atoms with Gasteiger partial charge in [0.25, 0.3) is 5.56 Å². The largest absolute Gasteiger partial charge is 0.503 e. The number of allylic oxidation sites excluding steroid dienone is 1. The molecule has 3 heteroatoms. The molecule has 88 valence electrons. The minimum absolute atomic E-state index is 0.0613. The van der Waals surface area contributed by atoms with E-state index in [0.29, 0.717) is 5.56 Å². The van der Waals surface area contributed by atoms with Crippen molar-refractivity contribution in [2.24, 2.45) is 7.05 Å². The fourth-order valence-electron chi connectivity index (χ4n) is 2.08. The van der Waals surface area contributed by atoms with E-state index >= 15 is 0 Å². The quantitative estimate of drug-likeness (QED) is 0.804. The molecule has 17 heavy (non-hydrogen) atoms. The Labute approximate surface area is 99.6 Å². The van der Waals surface area contributed by atoms with Crippen LogP contribution in [0.25, 0.3) is 10.9 Å². The monoisotopic (exact) mass is 229 g/mol. The second-order valence-corrected chi connectivity index (χ2v) is 4.17. The summed E-state index contributed by atoms with van der Waals surface area (Å²) in [6, 6.07) is 7.55. The van der Waals surface area contributed by atoms with Crippen LogP contribution in [0.15, 0.2) is 41.7 Å². The molecular weight excluding hydrogens is 214 g/mol. The van der Waals surface area contributed by atoms with Crippen LogP contribution in [-0.4, -0.2) is 9.67 Å². The first-order valence-corrected chi connectivity index (χ1v) is 5.51. The van der Waals surface area contributed by atoms with E-state index in [1.807, 2.05) is 31.2 Å². The Balaban J connectivity index is 3.00. The van der Waals surface area contributed by atoms with E-state index in [4.69, 9.17) is 0 Å². The van der Waals surface area contributed by atoms with Gasteiger partial charge in [-0.2, -0.15) is 0 Å². The Morgan fingerprint density at radius 1 is 1.41 bits per heavy atom. The maximum absolute atomic E-state index is 11.9. The summed E-state index contributed by atoms with van der Waals surface area (Å²) >= 11 is 0. The second-order valence-electron chi connectivity index (χ2n) is 4.17. The molecule has 0 aliphatic rings. The summed E-state index contributed by atoms with van der Waals surface area (Å²) in [5, 5.41) is 10.9. The Bertz CT molecular complexity index is 640. The van der Waals surface area contributed by atoms with Crippen molar-refractivity contribution in [1.29, 1.82) is 0 Å². The lowest BCUT2D eigenvalue weighted by molar-refractivity contribution is 0.455. The molecule has 2 aromatic rings. The molecule has 1 N–H and O–H groups in total. The van der Waals surface area contributed by atoms with Crippen LogP contribution in [0.3, 0.4) is 0 Å². The number of para-hydroxylation sites is 1. The van der Waals surface area contributed by atoms with E-state index in [2.05, 4.69) is 6.58 Å². The molecule has 1 heterocycles. The number of pyridine rings is 1. The number of hydrogen-bond acceptors (Lipinski definition) is 2. The molecule has 3 nitrogen and oxygen atoms in total. The molecular formula is C14H15NO2. The molecule has 0 spiro atoms. The molecule has 0 radical (unpaired) electrons. The van der Waals surface area contributed by atoms with E-state index in [1.54, 1.807) is 13.1 Å². The third-order valence-electron chi connectivity index (χ3n) is 3.13. The maximum Gasteiger partial charge on any atom is 0.293 e. The number of nitrogens with zero attached hydrogens (tertiary/aromatic N) is 1. The molecule has 0 saturated heterocycles. The van der Waals surface area contributed by atoms with Crippen molar-refractivity contribution in [2.75, 3.05) is 0 Å². The van der Waals surface area contributed by atoms with Crippen LogP contribution in [-0.2, 0) is 7.05 Å². The smallest absolute Gasteiger partial charge is 0.293 e. The van der Waals surface area contributed by atoms with E-state index in [-0.39, 0.29) is 17.2 Å². The number of fused-ring (bicyclic) bond motifs is 1. The van der Waals surface area contributed by atoms with Gasteiger partial charge in [-0.25, -0.2) is 0 Å². The summed E-state index contributed by atoms with van der Waals surface area (Å²) in [7, 11) is 1.66. The standard InChI is InChI=1S/C14H15NO2/c1-4-9(2)12-10-7-5-6-8-11(10)15(3)14(17)13(12)16/h4-9,16H,1H2,2-3H3. The highest BCUT2D eigenvalue weighted by Crippen LogP contribution is 2.30. The van der Waals surface area contributed by atoms with Crippen molar-refractivity contribution in [3.63, 3.8) is 0 Å².